The first-order valence-corrected chi connectivity index (χ1v) is 5.55. The molecule has 1 aromatic rings. The molecule has 6 heteroatoms. The Kier molecular flexibility index (Phi) is 4.73. The average molecular weight is 321 g/mol. The van der Waals surface area contributed by atoms with Crippen LogP contribution in [0.15, 0.2) is 12.4 Å². The van der Waals surface area contributed by atoms with Crippen LogP contribution in [0.5, 0.6) is 0 Å². The van der Waals surface area contributed by atoms with Crippen LogP contribution in [-0.4, -0.2) is 36.1 Å². The number of hydrogen-bond donors (Lipinski definition) is 0. The minimum absolute atomic E-state index is 0.161. The lowest BCUT2D eigenvalue weighted by Crippen LogP contribution is -2.28. The van der Waals surface area contributed by atoms with Gasteiger partial charge < -0.3 is 9.64 Å². The van der Waals surface area contributed by atoms with E-state index >= 15 is 0 Å². The quantitative estimate of drug-likeness (QED) is 0.614. The third-order valence-electron chi connectivity index (χ3n) is 1.62. The van der Waals surface area contributed by atoms with Gasteiger partial charge in [-0.15, -0.1) is 0 Å². The molecule has 0 saturated carbocycles. The fourth-order valence-corrected chi connectivity index (χ4v) is 1.25. The molecule has 82 valence electrons. The van der Waals surface area contributed by atoms with Gasteiger partial charge in [-0.25, -0.2) is 9.97 Å². The molecule has 0 aliphatic rings. The molecule has 0 aromatic carbocycles. The van der Waals surface area contributed by atoms with Crippen LogP contribution in [-0.2, 0) is 9.53 Å². The summed E-state index contributed by atoms with van der Waals surface area (Å²) < 4.78 is 5.78. The van der Waals surface area contributed by atoms with E-state index in [0.29, 0.717) is 12.6 Å². The lowest BCUT2D eigenvalue weighted by Gasteiger charge is -2.15. The number of nitrogens with zero attached hydrogens (tertiary/aromatic N) is 3. The first kappa shape index (κ1) is 12.2. The van der Waals surface area contributed by atoms with Crippen LogP contribution in [0.2, 0.25) is 0 Å². The van der Waals surface area contributed by atoms with E-state index in [0.717, 1.165) is 3.57 Å². The third kappa shape index (κ3) is 3.98. The molecule has 0 aliphatic carbocycles. The number of hydrogen-bond acceptors (Lipinski definition) is 5. The Morgan fingerprint density at radius 3 is 2.67 bits per heavy atom. The highest BCUT2D eigenvalue weighted by Crippen LogP contribution is 2.06. The fourth-order valence-electron chi connectivity index (χ4n) is 0.974. The van der Waals surface area contributed by atoms with Crippen molar-refractivity contribution in [2.24, 2.45) is 0 Å². The van der Waals surface area contributed by atoms with E-state index in [2.05, 4.69) is 32.6 Å². The smallest absolute Gasteiger partial charge is 0.325 e. The highest BCUT2D eigenvalue weighted by molar-refractivity contribution is 14.1. The first-order valence-electron chi connectivity index (χ1n) is 4.47. The number of esters is 1. The van der Waals surface area contributed by atoms with E-state index in [1.165, 1.54) is 0 Å². The Hall–Kier alpha value is -0.920. The number of ether oxygens (including phenoxy) is 1. The molecule has 1 rings (SSSR count). The molecule has 0 bridgehead atoms. The monoisotopic (exact) mass is 321 g/mol. The minimum atomic E-state index is -0.276. The summed E-state index contributed by atoms with van der Waals surface area (Å²) in [5.74, 6) is 0.241. The number of carbonyl (C=O) groups is 1. The number of aromatic nitrogens is 2. The van der Waals surface area contributed by atoms with E-state index < -0.39 is 0 Å². The zero-order valence-corrected chi connectivity index (χ0v) is 10.8. The summed E-state index contributed by atoms with van der Waals surface area (Å²) in [5.41, 5.74) is 0. The number of rotatable bonds is 4. The topological polar surface area (TPSA) is 55.3 Å². The van der Waals surface area contributed by atoms with Gasteiger partial charge in [0.25, 0.3) is 0 Å². The van der Waals surface area contributed by atoms with Crippen molar-refractivity contribution in [1.82, 2.24) is 9.97 Å². The molecule has 0 amide bonds. The van der Waals surface area contributed by atoms with Crippen LogP contribution in [0.3, 0.4) is 0 Å². The highest BCUT2D eigenvalue weighted by Gasteiger charge is 2.09. The van der Waals surface area contributed by atoms with Crippen molar-refractivity contribution in [2.75, 3.05) is 25.1 Å². The summed E-state index contributed by atoms with van der Waals surface area (Å²) in [7, 11) is 1.75. The maximum atomic E-state index is 11.2. The van der Waals surface area contributed by atoms with Gasteiger partial charge in [0.1, 0.15) is 6.54 Å². The number of halogens is 1. The van der Waals surface area contributed by atoms with Crippen molar-refractivity contribution in [3.63, 3.8) is 0 Å². The molecule has 0 aliphatic heterocycles. The van der Waals surface area contributed by atoms with Crippen molar-refractivity contribution >= 4 is 34.5 Å². The first-order chi connectivity index (χ1) is 7.13. The van der Waals surface area contributed by atoms with Crippen LogP contribution in [0.1, 0.15) is 6.92 Å². The Morgan fingerprint density at radius 1 is 1.53 bits per heavy atom. The molecular formula is C9H12IN3O2. The number of carbonyl (C=O) groups excluding carboxylic acids is 1. The van der Waals surface area contributed by atoms with Gasteiger partial charge in [-0.2, -0.15) is 0 Å². The summed E-state index contributed by atoms with van der Waals surface area (Å²) in [6.45, 7) is 2.33. The highest BCUT2D eigenvalue weighted by atomic mass is 127. The van der Waals surface area contributed by atoms with Crippen molar-refractivity contribution in [3.05, 3.63) is 16.0 Å². The van der Waals surface area contributed by atoms with Gasteiger partial charge in [-0.1, -0.05) is 0 Å². The molecule has 0 radical (unpaired) electrons. The lowest BCUT2D eigenvalue weighted by atomic mass is 10.5. The zero-order chi connectivity index (χ0) is 11.3. The predicted molar refractivity (Wildman–Crippen MR) is 64.7 cm³/mol. The van der Waals surface area contributed by atoms with E-state index in [1.54, 1.807) is 31.3 Å². The van der Waals surface area contributed by atoms with Gasteiger partial charge in [0.05, 0.1) is 6.61 Å². The van der Waals surface area contributed by atoms with Crippen LogP contribution >= 0.6 is 22.6 Å². The van der Waals surface area contributed by atoms with Gasteiger partial charge in [0, 0.05) is 23.0 Å². The second-order valence-corrected chi connectivity index (χ2v) is 4.11. The summed E-state index contributed by atoms with van der Waals surface area (Å²) >= 11 is 2.12. The molecule has 0 fully saturated rings. The Labute approximate surface area is 102 Å². The van der Waals surface area contributed by atoms with E-state index in [1.807, 2.05) is 0 Å². The zero-order valence-electron chi connectivity index (χ0n) is 8.61. The molecule has 1 aromatic heterocycles. The van der Waals surface area contributed by atoms with Gasteiger partial charge >= 0.3 is 5.97 Å². The molecular weight excluding hydrogens is 309 g/mol. The molecule has 15 heavy (non-hydrogen) atoms. The van der Waals surface area contributed by atoms with Crippen LogP contribution in [0.4, 0.5) is 5.95 Å². The van der Waals surface area contributed by atoms with Gasteiger partial charge in [-0.3, -0.25) is 4.79 Å². The summed E-state index contributed by atoms with van der Waals surface area (Å²) in [5, 5.41) is 0. The van der Waals surface area contributed by atoms with E-state index in [-0.39, 0.29) is 12.5 Å². The summed E-state index contributed by atoms with van der Waals surface area (Å²) in [4.78, 5) is 21.0. The molecule has 0 unspecified atom stereocenters. The second kappa shape index (κ2) is 5.84. The minimum Gasteiger partial charge on any atom is -0.465 e. The number of anilines is 1. The van der Waals surface area contributed by atoms with Crippen molar-refractivity contribution in [3.8, 4) is 0 Å². The van der Waals surface area contributed by atoms with Crippen LogP contribution < -0.4 is 4.90 Å². The normalized spacial score (nSPS) is 9.80. The maximum Gasteiger partial charge on any atom is 0.325 e. The second-order valence-electron chi connectivity index (χ2n) is 2.86. The standard InChI is InChI=1S/C9H12IN3O2/c1-3-15-8(14)6-13(2)9-11-4-7(10)5-12-9/h4-5H,3,6H2,1-2H3. The third-order valence-corrected chi connectivity index (χ3v) is 2.18. The predicted octanol–water partition coefficient (Wildman–Crippen LogP) is 1.08. The lowest BCUT2D eigenvalue weighted by molar-refractivity contribution is -0.141. The van der Waals surface area contributed by atoms with Crippen LogP contribution in [0, 0.1) is 3.57 Å². The maximum absolute atomic E-state index is 11.2. The van der Waals surface area contributed by atoms with Gasteiger partial charge in [-0.05, 0) is 29.5 Å². The number of likely N-dealkylation sites (N-methyl/N-ethyl adjacent to an activating group) is 1. The summed E-state index contributed by atoms with van der Waals surface area (Å²) in [6.07, 6.45) is 3.40. The average Bonchev–Trinajstić information content (AvgIpc) is 2.18. The van der Waals surface area contributed by atoms with Crippen molar-refractivity contribution in [2.45, 2.75) is 6.92 Å². The molecule has 0 spiro atoms. The molecule has 1 heterocycles. The van der Waals surface area contributed by atoms with Crippen molar-refractivity contribution < 1.29 is 9.53 Å². The SMILES string of the molecule is CCOC(=O)CN(C)c1ncc(I)cn1. The molecule has 0 N–H and O–H groups in total. The van der Waals surface area contributed by atoms with Gasteiger partial charge in [0.15, 0.2) is 0 Å². The van der Waals surface area contributed by atoms with Crippen molar-refractivity contribution in [1.29, 1.82) is 0 Å². The van der Waals surface area contributed by atoms with E-state index in [4.69, 9.17) is 4.74 Å². The fraction of sp³-hybridized carbons (Fsp3) is 0.444. The molecule has 5 nitrogen and oxygen atoms in total. The Morgan fingerprint density at radius 2 is 2.13 bits per heavy atom. The molecule has 0 saturated heterocycles. The largest absolute Gasteiger partial charge is 0.465 e. The molecule has 0 atom stereocenters. The Bertz CT molecular complexity index is 329. The summed E-state index contributed by atoms with van der Waals surface area (Å²) in [6, 6.07) is 0. The van der Waals surface area contributed by atoms with E-state index in [9.17, 15) is 4.79 Å². The Balaban J connectivity index is 2.57. The van der Waals surface area contributed by atoms with Gasteiger partial charge in [0.2, 0.25) is 5.95 Å². The van der Waals surface area contributed by atoms with Crippen LogP contribution in [0.25, 0.3) is 0 Å².